The summed E-state index contributed by atoms with van der Waals surface area (Å²) in [5.74, 6) is 1.48. The highest BCUT2D eigenvalue weighted by atomic mass is 16.7. The van der Waals surface area contributed by atoms with Crippen molar-refractivity contribution in [2.24, 2.45) is 0 Å². The molecule has 3 aromatic carbocycles. The molecule has 0 spiro atoms. The standard InChI is InChI=1S/C32H35NO5.2H2/c1-3-4-5-26(19-34)33-31(36)24-10-8-23(9-11-24)27-16-22(7-6-21(27)2)17-30(35)32(14-15-32)25-12-13-28-29(18-25)38-20-37-28;;/h6-13,16,18,26,34H,3-5,14-15,17,19-20H2,1-2H3,(H,33,36);2*1H/t26-;;/m0../s1. The second-order valence-corrected chi connectivity index (χ2v) is 10.5. The summed E-state index contributed by atoms with van der Waals surface area (Å²) >= 11 is 0. The lowest BCUT2D eigenvalue weighted by molar-refractivity contribution is -0.120. The number of benzene rings is 3. The normalized spacial score (nSPS) is 15.7. The lowest BCUT2D eigenvalue weighted by atomic mass is 9.87. The predicted molar refractivity (Wildman–Crippen MR) is 151 cm³/mol. The largest absolute Gasteiger partial charge is 0.454 e. The molecule has 6 nitrogen and oxygen atoms in total. The number of hydrogen-bond donors (Lipinski definition) is 2. The molecule has 0 radical (unpaired) electrons. The van der Waals surface area contributed by atoms with Gasteiger partial charge in [-0.1, -0.05) is 56.2 Å². The highest BCUT2D eigenvalue weighted by Gasteiger charge is 2.50. The van der Waals surface area contributed by atoms with E-state index in [-0.39, 0.29) is 34.0 Å². The molecule has 1 atom stereocenters. The number of aryl methyl sites for hydroxylation is 1. The Balaban J connectivity index is 0.00000220. The van der Waals surface area contributed by atoms with Gasteiger partial charge in [0.1, 0.15) is 5.78 Å². The van der Waals surface area contributed by atoms with Crippen molar-refractivity contribution in [2.45, 2.75) is 63.8 Å². The van der Waals surface area contributed by atoms with E-state index in [9.17, 15) is 14.7 Å². The maximum Gasteiger partial charge on any atom is 0.251 e. The highest BCUT2D eigenvalue weighted by Crippen LogP contribution is 2.51. The summed E-state index contributed by atoms with van der Waals surface area (Å²) in [7, 11) is 0. The maximum atomic E-state index is 13.5. The Kier molecular flexibility index (Phi) is 7.52. The first-order valence-corrected chi connectivity index (χ1v) is 13.5. The van der Waals surface area contributed by atoms with E-state index in [1.807, 2.05) is 48.5 Å². The van der Waals surface area contributed by atoms with Crippen LogP contribution in [0.5, 0.6) is 11.5 Å². The van der Waals surface area contributed by atoms with E-state index in [1.165, 1.54) is 0 Å². The molecule has 0 saturated heterocycles. The Bertz CT molecular complexity index is 1340. The van der Waals surface area contributed by atoms with Gasteiger partial charge in [0.25, 0.3) is 5.91 Å². The van der Waals surface area contributed by atoms with Crippen LogP contribution >= 0.6 is 0 Å². The number of rotatable bonds is 11. The number of aliphatic hydroxyl groups excluding tert-OH is 1. The summed E-state index contributed by atoms with van der Waals surface area (Å²) in [5, 5.41) is 12.5. The van der Waals surface area contributed by atoms with Crippen LogP contribution in [-0.2, 0) is 16.6 Å². The van der Waals surface area contributed by atoms with Crippen molar-refractivity contribution in [1.29, 1.82) is 0 Å². The van der Waals surface area contributed by atoms with E-state index in [0.717, 1.165) is 65.7 Å². The van der Waals surface area contributed by atoms with Crippen molar-refractivity contribution in [2.75, 3.05) is 13.4 Å². The van der Waals surface area contributed by atoms with Crippen LogP contribution in [0.3, 0.4) is 0 Å². The molecular weight excluding hydrogens is 478 g/mol. The number of unbranched alkanes of at least 4 members (excludes halogenated alkanes) is 1. The smallest absolute Gasteiger partial charge is 0.251 e. The molecule has 0 unspecified atom stereocenters. The number of fused-ring (bicyclic) bond motifs is 1. The second kappa shape index (κ2) is 11.0. The van der Waals surface area contributed by atoms with Crippen LogP contribution in [-0.4, -0.2) is 36.2 Å². The van der Waals surface area contributed by atoms with Crippen molar-refractivity contribution in [3.63, 3.8) is 0 Å². The molecule has 1 saturated carbocycles. The first-order valence-electron chi connectivity index (χ1n) is 13.5. The average Bonchev–Trinajstić information content (AvgIpc) is 3.62. The monoisotopic (exact) mass is 517 g/mol. The van der Waals surface area contributed by atoms with Crippen LogP contribution < -0.4 is 14.8 Å². The first kappa shape index (κ1) is 26.0. The molecule has 1 fully saturated rings. The molecule has 6 heteroatoms. The predicted octanol–water partition coefficient (Wildman–Crippen LogP) is 6.01. The minimum atomic E-state index is -0.440. The first-order chi connectivity index (χ1) is 18.4. The maximum absolute atomic E-state index is 13.5. The van der Waals surface area contributed by atoms with Crippen LogP contribution in [0, 0.1) is 6.92 Å². The lowest BCUT2D eigenvalue weighted by Gasteiger charge is -2.17. The van der Waals surface area contributed by atoms with Crippen molar-refractivity contribution in [1.82, 2.24) is 5.32 Å². The summed E-state index contributed by atoms with van der Waals surface area (Å²) in [5.41, 5.74) is 5.26. The molecule has 2 N–H and O–H groups in total. The average molecular weight is 518 g/mol. The van der Waals surface area contributed by atoms with Gasteiger partial charge in [-0.15, -0.1) is 0 Å². The zero-order valence-electron chi connectivity index (χ0n) is 22.1. The molecule has 5 rings (SSSR count). The van der Waals surface area contributed by atoms with Crippen molar-refractivity contribution in [3.8, 4) is 22.6 Å². The molecule has 1 aliphatic carbocycles. The highest BCUT2D eigenvalue weighted by molar-refractivity contribution is 5.96. The van der Waals surface area contributed by atoms with Crippen molar-refractivity contribution < 1.29 is 27.0 Å². The minimum absolute atomic E-state index is 0. The Hall–Kier alpha value is -3.64. The Morgan fingerprint density at radius 2 is 1.79 bits per heavy atom. The number of carbonyl (C=O) groups is 2. The summed E-state index contributed by atoms with van der Waals surface area (Å²) < 4.78 is 11.0. The van der Waals surface area contributed by atoms with Gasteiger partial charge in [0.15, 0.2) is 11.5 Å². The van der Waals surface area contributed by atoms with E-state index in [2.05, 4.69) is 31.3 Å². The zero-order chi connectivity index (χ0) is 26.7. The third-order valence-corrected chi connectivity index (χ3v) is 7.80. The quantitative estimate of drug-likeness (QED) is 0.326. The van der Waals surface area contributed by atoms with E-state index in [4.69, 9.17) is 9.47 Å². The van der Waals surface area contributed by atoms with Gasteiger partial charge in [-0.05, 0) is 78.3 Å². The number of amides is 1. The molecule has 2 aliphatic rings. The van der Waals surface area contributed by atoms with Crippen molar-refractivity contribution in [3.05, 3.63) is 82.9 Å². The van der Waals surface area contributed by atoms with Gasteiger partial charge in [-0.2, -0.15) is 0 Å². The van der Waals surface area contributed by atoms with Gasteiger partial charge in [0.05, 0.1) is 18.1 Å². The topological polar surface area (TPSA) is 84.9 Å². The SMILES string of the molecule is CCCC[C@@H](CO)NC(=O)c1ccc(-c2cc(CC(=O)C3(c4ccc5c(c4)OCO5)CC3)ccc2C)cc1.[HH].[HH]. The molecule has 3 aromatic rings. The molecule has 1 heterocycles. The minimum Gasteiger partial charge on any atom is -0.454 e. The molecule has 1 amide bonds. The number of hydrogen-bond acceptors (Lipinski definition) is 5. The van der Waals surface area contributed by atoms with E-state index in [0.29, 0.717) is 17.7 Å². The lowest BCUT2D eigenvalue weighted by Crippen LogP contribution is -2.37. The van der Waals surface area contributed by atoms with Gasteiger partial charge in [0, 0.05) is 14.8 Å². The van der Waals surface area contributed by atoms with E-state index in [1.54, 1.807) is 0 Å². The number of ketones is 1. The van der Waals surface area contributed by atoms with Gasteiger partial charge >= 0.3 is 0 Å². The molecule has 202 valence electrons. The van der Waals surface area contributed by atoms with Gasteiger partial charge < -0.3 is 19.9 Å². The molecule has 1 aliphatic heterocycles. The summed E-state index contributed by atoms with van der Waals surface area (Å²) in [6, 6.07) is 19.3. The number of aliphatic hydroxyl groups is 1. The van der Waals surface area contributed by atoms with Crippen molar-refractivity contribution >= 4 is 11.7 Å². The van der Waals surface area contributed by atoms with Crippen LogP contribution in [0.15, 0.2) is 60.7 Å². The second-order valence-electron chi connectivity index (χ2n) is 10.5. The van der Waals surface area contributed by atoms with Gasteiger partial charge in [-0.3, -0.25) is 9.59 Å². The molecular formula is C32H39NO5. The van der Waals surface area contributed by atoms with Crippen LogP contribution in [0.2, 0.25) is 0 Å². The fourth-order valence-corrected chi connectivity index (χ4v) is 5.22. The van der Waals surface area contributed by atoms with Gasteiger partial charge in [0.2, 0.25) is 6.79 Å². The van der Waals surface area contributed by atoms with Crippen LogP contribution in [0.1, 0.15) is 68.9 Å². The Labute approximate surface area is 227 Å². The molecule has 0 aromatic heterocycles. The number of ether oxygens (including phenoxy) is 2. The van der Waals surface area contributed by atoms with Crippen LogP contribution in [0.25, 0.3) is 11.1 Å². The number of carbonyl (C=O) groups excluding carboxylic acids is 2. The summed E-state index contributed by atoms with van der Waals surface area (Å²) in [4.78, 5) is 26.2. The van der Waals surface area contributed by atoms with E-state index >= 15 is 0 Å². The fraction of sp³-hybridized carbons (Fsp3) is 0.375. The third-order valence-electron chi connectivity index (χ3n) is 7.80. The number of nitrogens with one attached hydrogen (secondary N) is 1. The van der Waals surface area contributed by atoms with Crippen LogP contribution in [0.4, 0.5) is 0 Å². The molecule has 38 heavy (non-hydrogen) atoms. The fourth-order valence-electron chi connectivity index (χ4n) is 5.22. The summed E-state index contributed by atoms with van der Waals surface area (Å²) in [6.45, 7) is 4.30. The third kappa shape index (κ3) is 5.32. The summed E-state index contributed by atoms with van der Waals surface area (Å²) in [6.07, 6.45) is 4.80. The zero-order valence-corrected chi connectivity index (χ0v) is 22.1. The van der Waals surface area contributed by atoms with Gasteiger partial charge in [-0.25, -0.2) is 0 Å². The van der Waals surface area contributed by atoms with E-state index < -0.39 is 5.41 Å². The molecule has 0 bridgehead atoms. The number of Topliss-reactive ketones (excluding diaryl/α,β-unsaturated/α-hetero) is 1. The Morgan fingerprint density at radius 1 is 1.03 bits per heavy atom. The Morgan fingerprint density at radius 3 is 2.50 bits per heavy atom.